The highest BCUT2D eigenvalue weighted by Gasteiger charge is 2.60. The molecule has 2 nitrogen and oxygen atoms in total. The van der Waals surface area contributed by atoms with E-state index in [9.17, 15) is 4.79 Å². The van der Waals surface area contributed by atoms with Gasteiger partial charge in [0.25, 0.3) is 0 Å². The van der Waals surface area contributed by atoms with Crippen LogP contribution in [0.3, 0.4) is 0 Å². The van der Waals surface area contributed by atoms with E-state index in [0.717, 1.165) is 12.8 Å². The number of hydrogen-bond donors (Lipinski definition) is 0. The lowest BCUT2D eigenvalue weighted by atomic mass is 9.86. The number of carbonyl (C=O) groups is 1. The van der Waals surface area contributed by atoms with Crippen LogP contribution in [0, 0.1) is 11.3 Å². The SMILES string of the molecule is CC(C)[C@]12CCC(=O)O[C@H]1C2. The van der Waals surface area contributed by atoms with Crippen molar-refractivity contribution in [3.05, 3.63) is 0 Å². The van der Waals surface area contributed by atoms with Crippen molar-refractivity contribution in [2.45, 2.75) is 39.2 Å². The Morgan fingerprint density at radius 2 is 2.36 bits per heavy atom. The van der Waals surface area contributed by atoms with Crippen molar-refractivity contribution >= 4 is 5.97 Å². The molecule has 1 saturated heterocycles. The summed E-state index contributed by atoms with van der Waals surface area (Å²) < 4.78 is 5.19. The second kappa shape index (κ2) is 1.99. The Kier molecular flexibility index (Phi) is 1.29. The lowest BCUT2D eigenvalue weighted by Crippen LogP contribution is -2.25. The van der Waals surface area contributed by atoms with Crippen LogP contribution in [0.5, 0.6) is 0 Å². The molecule has 2 heteroatoms. The Morgan fingerprint density at radius 3 is 2.91 bits per heavy atom. The maximum Gasteiger partial charge on any atom is 0.306 e. The molecule has 0 aromatic carbocycles. The van der Waals surface area contributed by atoms with Gasteiger partial charge >= 0.3 is 5.97 Å². The van der Waals surface area contributed by atoms with Crippen molar-refractivity contribution < 1.29 is 9.53 Å². The van der Waals surface area contributed by atoms with Crippen LogP contribution in [0.1, 0.15) is 33.1 Å². The zero-order valence-corrected chi connectivity index (χ0v) is 7.09. The molecule has 0 aromatic heterocycles. The summed E-state index contributed by atoms with van der Waals surface area (Å²) in [6.07, 6.45) is 3.06. The number of esters is 1. The lowest BCUT2D eigenvalue weighted by Gasteiger charge is -2.24. The van der Waals surface area contributed by atoms with Gasteiger partial charge in [-0.1, -0.05) is 13.8 Å². The predicted octanol–water partition coefficient (Wildman–Crippen LogP) is 1.74. The molecule has 11 heavy (non-hydrogen) atoms. The summed E-state index contributed by atoms with van der Waals surface area (Å²) in [5, 5.41) is 0. The predicted molar refractivity (Wildman–Crippen MR) is 41.0 cm³/mol. The first-order valence-corrected chi connectivity index (χ1v) is 4.34. The highest BCUT2D eigenvalue weighted by atomic mass is 16.6. The van der Waals surface area contributed by atoms with Crippen LogP contribution >= 0.6 is 0 Å². The Bertz CT molecular complexity index is 198. The minimum absolute atomic E-state index is 0.00350. The molecule has 0 amide bonds. The molecule has 0 bridgehead atoms. The van der Waals surface area contributed by atoms with Crippen molar-refractivity contribution in [1.29, 1.82) is 0 Å². The first-order chi connectivity index (χ1) is 5.15. The molecule has 0 aromatic rings. The molecule has 0 spiro atoms. The Hall–Kier alpha value is -0.530. The first kappa shape index (κ1) is 7.14. The first-order valence-electron chi connectivity index (χ1n) is 4.34. The van der Waals surface area contributed by atoms with Crippen LogP contribution in [0.2, 0.25) is 0 Å². The molecule has 1 saturated carbocycles. The van der Waals surface area contributed by atoms with Gasteiger partial charge in [0.15, 0.2) is 0 Å². The van der Waals surface area contributed by atoms with Crippen molar-refractivity contribution in [3.8, 4) is 0 Å². The van der Waals surface area contributed by atoms with Crippen molar-refractivity contribution in [1.82, 2.24) is 0 Å². The number of hydrogen-bond acceptors (Lipinski definition) is 2. The van der Waals surface area contributed by atoms with Gasteiger partial charge in [-0.15, -0.1) is 0 Å². The third-order valence-corrected chi connectivity index (χ3v) is 3.26. The van der Waals surface area contributed by atoms with Crippen molar-refractivity contribution in [2.24, 2.45) is 11.3 Å². The summed E-state index contributed by atoms with van der Waals surface area (Å²) >= 11 is 0. The summed E-state index contributed by atoms with van der Waals surface area (Å²) in [6.45, 7) is 4.44. The van der Waals surface area contributed by atoms with Crippen LogP contribution in [0.25, 0.3) is 0 Å². The van der Waals surface area contributed by atoms with E-state index in [4.69, 9.17) is 4.74 Å². The summed E-state index contributed by atoms with van der Waals surface area (Å²) in [7, 11) is 0. The van der Waals surface area contributed by atoms with Crippen molar-refractivity contribution in [3.63, 3.8) is 0 Å². The van der Waals surface area contributed by atoms with Crippen LogP contribution in [-0.4, -0.2) is 12.1 Å². The van der Waals surface area contributed by atoms with Gasteiger partial charge in [0.1, 0.15) is 6.10 Å². The van der Waals surface area contributed by atoms with Gasteiger partial charge in [0.2, 0.25) is 0 Å². The Morgan fingerprint density at radius 1 is 1.64 bits per heavy atom. The Labute approximate surface area is 66.9 Å². The fraction of sp³-hybridized carbons (Fsp3) is 0.889. The molecule has 2 rings (SSSR count). The van der Waals surface area contributed by atoms with Gasteiger partial charge in [-0.05, 0) is 18.8 Å². The van der Waals surface area contributed by atoms with E-state index in [1.807, 2.05) is 0 Å². The largest absolute Gasteiger partial charge is 0.462 e. The summed E-state index contributed by atoms with van der Waals surface area (Å²) in [4.78, 5) is 10.8. The number of carbonyl (C=O) groups excluding carboxylic acids is 1. The molecular weight excluding hydrogens is 140 g/mol. The van der Waals surface area contributed by atoms with E-state index in [2.05, 4.69) is 13.8 Å². The molecule has 1 aliphatic carbocycles. The van der Waals surface area contributed by atoms with Crippen LogP contribution in [0.15, 0.2) is 0 Å². The molecule has 0 radical (unpaired) electrons. The molecular formula is C9H14O2. The smallest absolute Gasteiger partial charge is 0.306 e. The van der Waals surface area contributed by atoms with Gasteiger partial charge in [-0.2, -0.15) is 0 Å². The van der Waals surface area contributed by atoms with E-state index in [1.54, 1.807) is 0 Å². The second-order valence-corrected chi connectivity index (χ2v) is 4.07. The quantitative estimate of drug-likeness (QED) is 0.538. The molecule has 62 valence electrons. The Balaban J connectivity index is 2.07. The molecule has 1 heterocycles. The van der Waals surface area contributed by atoms with Crippen molar-refractivity contribution in [2.75, 3.05) is 0 Å². The third-order valence-electron chi connectivity index (χ3n) is 3.26. The van der Waals surface area contributed by atoms with E-state index >= 15 is 0 Å². The fourth-order valence-electron chi connectivity index (χ4n) is 2.16. The monoisotopic (exact) mass is 154 g/mol. The number of ether oxygens (including phenoxy) is 1. The molecule has 2 fully saturated rings. The lowest BCUT2D eigenvalue weighted by molar-refractivity contribution is -0.151. The molecule has 0 N–H and O–H groups in total. The zero-order chi connectivity index (χ0) is 8.06. The summed E-state index contributed by atoms with van der Waals surface area (Å²) in [5.41, 5.74) is 0.383. The van der Waals surface area contributed by atoms with Gasteiger partial charge in [-0.25, -0.2) is 0 Å². The average molecular weight is 154 g/mol. The minimum Gasteiger partial charge on any atom is -0.462 e. The number of fused-ring (bicyclic) bond motifs is 1. The number of rotatable bonds is 1. The van der Waals surface area contributed by atoms with Gasteiger partial charge < -0.3 is 4.74 Å². The standard InChI is InChI=1S/C9H14O2/c1-6(2)9-4-3-8(10)11-7(9)5-9/h6-7H,3-5H2,1-2H3/t7-,9+/m0/s1. The zero-order valence-electron chi connectivity index (χ0n) is 7.09. The normalized spacial score (nSPS) is 41.7. The van der Waals surface area contributed by atoms with Gasteiger partial charge in [0.05, 0.1) is 0 Å². The van der Waals surface area contributed by atoms with Crippen LogP contribution in [-0.2, 0) is 9.53 Å². The summed E-state index contributed by atoms with van der Waals surface area (Å²) in [5.74, 6) is 0.671. The highest BCUT2D eigenvalue weighted by Crippen LogP contribution is 2.59. The molecule has 0 unspecified atom stereocenters. The molecule has 1 aliphatic heterocycles. The van der Waals surface area contributed by atoms with Crippen LogP contribution < -0.4 is 0 Å². The average Bonchev–Trinajstić information content (AvgIpc) is 2.62. The van der Waals surface area contributed by atoms with E-state index < -0.39 is 0 Å². The van der Waals surface area contributed by atoms with E-state index in [-0.39, 0.29) is 12.1 Å². The molecule has 2 aliphatic rings. The maximum atomic E-state index is 10.8. The maximum absolute atomic E-state index is 10.8. The van der Waals surface area contributed by atoms with Gasteiger partial charge in [0, 0.05) is 11.8 Å². The second-order valence-electron chi connectivity index (χ2n) is 4.07. The highest BCUT2D eigenvalue weighted by molar-refractivity contribution is 5.71. The van der Waals surface area contributed by atoms with E-state index in [0.29, 0.717) is 17.8 Å². The van der Waals surface area contributed by atoms with E-state index in [1.165, 1.54) is 0 Å². The van der Waals surface area contributed by atoms with Gasteiger partial charge in [-0.3, -0.25) is 4.79 Å². The topological polar surface area (TPSA) is 26.3 Å². The van der Waals surface area contributed by atoms with Crippen LogP contribution in [0.4, 0.5) is 0 Å². The third kappa shape index (κ3) is 0.883. The molecule has 2 atom stereocenters. The minimum atomic E-state index is 0.00350. The summed E-state index contributed by atoms with van der Waals surface area (Å²) in [6, 6.07) is 0. The fourth-order valence-corrected chi connectivity index (χ4v) is 2.16.